The van der Waals surface area contributed by atoms with Crippen molar-refractivity contribution in [1.29, 1.82) is 0 Å². The van der Waals surface area contributed by atoms with Crippen molar-refractivity contribution in [3.05, 3.63) is 71.2 Å². The van der Waals surface area contributed by atoms with Crippen LogP contribution in [-0.2, 0) is 9.53 Å². The Morgan fingerprint density at radius 3 is 2.42 bits per heavy atom. The Balaban J connectivity index is 1.81. The van der Waals surface area contributed by atoms with E-state index in [1.165, 1.54) is 0 Å². The average Bonchev–Trinajstić information content (AvgIpc) is 3.24. The number of nitrogens with two attached hydrogens (primary N) is 1. The van der Waals surface area contributed by atoms with Crippen molar-refractivity contribution in [3.63, 3.8) is 0 Å². The first-order valence-corrected chi connectivity index (χ1v) is 11.9. The van der Waals surface area contributed by atoms with Crippen molar-refractivity contribution in [2.24, 2.45) is 5.73 Å². The minimum Gasteiger partial charge on any atom is -0.507 e. The molecule has 0 saturated carbocycles. The number of carbonyl (C=O) groups is 2. The summed E-state index contributed by atoms with van der Waals surface area (Å²) >= 11 is 0. The summed E-state index contributed by atoms with van der Waals surface area (Å²) < 4.78 is 11.3. The summed E-state index contributed by atoms with van der Waals surface area (Å²) in [5.74, 6) is -0.130. The fourth-order valence-electron chi connectivity index (χ4n) is 5.20. The number of pyridine rings is 1. The van der Waals surface area contributed by atoms with E-state index in [1.807, 2.05) is 41.3 Å². The largest absolute Gasteiger partial charge is 0.507 e. The fraction of sp³-hybridized carbons (Fsp3) is 0.296. The highest BCUT2D eigenvalue weighted by molar-refractivity contribution is 6.16. The Kier molecular flexibility index (Phi) is 6.34. The van der Waals surface area contributed by atoms with E-state index in [2.05, 4.69) is 9.88 Å². The molecule has 1 fully saturated rings. The lowest BCUT2D eigenvalue weighted by molar-refractivity contribution is -0.130. The second-order valence-corrected chi connectivity index (χ2v) is 8.87. The van der Waals surface area contributed by atoms with Crippen molar-refractivity contribution in [1.82, 2.24) is 14.8 Å². The number of rotatable bonds is 5. The van der Waals surface area contributed by atoms with Gasteiger partial charge in [0.05, 0.1) is 6.04 Å². The predicted molar refractivity (Wildman–Crippen MR) is 134 cm³/mol. The van der Waals surface area contributed by atoms with Gasteiger partial charge in [0, 0.05) is 67.2 Å². The van der Waals surface area contributed by atoms with Gasteiger partial charge in [-0.2, -0.15) is 0 Å². The molecule has 3 N–H and O–H groups in total. The molecule has 1 unspecified atom stereocenters. The SMILES string of the molecule is CC(=O)N1CCN(C(c2ccncc2)c2c(O)c3ccccc3c3oc(C)c(C(=O)OCN)c23)CC1. The first-order chi connectivity index (χ1) is 17.4. The summed E-state index contributed by atoms with van der Waals surface area (Å²) in [7, 11) is 0. The second-order valence-electron chi connectivity index (χ2n) is 8.87. The van der Waals surface area contributed by atoms with Gasteiger partial charge in [-0.25, -0.2) is 4.79 Å². The van der Waals surface area contributed by atoms with E-state index < -0.39 is 12.0 Å². The zero-order valence-corrected chi connectivity index (χ0v) is 20.2. The molecule has 186 valence electrons. The Morgan fingerprint density at radius 1 is 1.11 bits per heavy atom. The van der Waals surface area contributed by atoms with Gasteiger partial charge in [0.15, 0.2) is 0 Å². The topological polar surface area (TPSA) is 122 Å². The van der Waals surface area contributed by atoms with Gasteiger partial charge < -0.3 is 19.2 Å². The van der Waals surface area contributed by atoms with Crippen molar-refractivity contribution >= 4 is 33.6 Å². The van der Waals surface area contributed by atoms with Gasteiger partial charge in [-0.15, -0.1) is 0 Å². The number of phenols is 1. The summed E-state index contributed by atoms with van der Waals surface area (Å²) in [5.41, 5.74) is 7.71. The maximum Gasteiger partial charge on any atom is 0.343 e. The molecule has 4 aromatic rings. The number of fused-ring (bicyclic) bond motifs is 3. The summed E-state index contributed by atoms with van der Waals surface area (Å²) in [4.78, 5) is 33.2. The van der Waals surface area contributed by atoms with Crippen molar-refractivity contribution in [3.8, 4) is 5.75 Å². The molecule has 3 heterocycles. The monoisotopic (exact) mass is 488 g/mol. The standard InChI is InChI=1S/C27H28N4O5/c1-16-21(27(34)35-15-28)22-23(25(33)19-5-3-4-6-20(19)26(22)36-16)24(18-7-9-29-10-8-18)31-13-11-30(12-14-31)17(2)32/h3-10,24,33H,11-15,28H2,1-2H3. The van der Waals surface area contributed by atoms with Crippen LogP contribution in [-0.4, -0.2) is 64.7 Å². The minimum atomic E-state index is -0.612. The first-order valence-electron chi connectivity index (χ1n) is 11.9. The molecule has 9 nitrogen and oxygen atoms in total. The lowest BCUT2D eigenvalue weighted by Gasteiger charge is -2.40. The van der Waals surface area contributed by atoms with Crippen LogP contribution in [0.15, 0.2) is 53.2 Å². The van der Waals surface area contributed by atoms with Gasteiger partial charge in [-0.05, 0) is 24.6 Å². The zero-order valence-electron chi connectivity index (χ0n) is 20.2. The third-order valence-corrected chi connectivity index (χ3v) is 6.87. The number of hydrogen-bond donors (Lipinski definition) is 2. The molecule has 0 bridgehead atoms. The molecule has 0 spiro atoms. The van der Waals surface area contributed by atoms with Crippen LogP contribution in [0, 0.1) is 6.92 Å². The Hall–Kier alpha value is -3.95. The van der Waals surface area contributed by atoms with E-state index in [9.17, 15) is 14.7 Å². The molecular formula is C27H28N4O5. The van der Waals surface area contributed by atoms with Crippen LogP contribution < -0.4 is 5.73 Å². The number of piperazine rings is 1. The molecule has 1 aliphatic heterocycles. The second kappa shape index (κ2) is 9.60. The number of aromatic nitrogens is 1. The van der Waals surface area contributed by atoms with E-state index >= 15 is 0 Å². The molecule has 1 aliphatic rings. The minimum absolute atomic E-state index is 0.0309. The Labute approximate surface area is 208 Å². The maximum absolute atomic E-state index is 13.1. The fourth-order valence-corrected chi connectivity index (χ4v) is 5.20. The van der Waals surface area contributed by atoms with Crippen LogP contribution in [0.1, 0.15) is 40.2 Å². The smallest absolute Gasteiger partial charge is 0.343 e. The van der Waals surface area contributed by atoms with E-state index in [0.29, 0.717) is 59.2 Å². The van der Waals surface area contributed by atoms with Crippen LogP contribution in [0.5, 0.6) is 5.75 Å². The summed E-state index contributed by atoms with van der Waals surface area (Å²) in [5, 5.41) is 13.6. The molecule has 0 aliphatic carbocycles. The highest BCUT2D eigenvalue weighted by Crippen LogP contribution is 2.47. The van der Waals surface area contributed by atoms with Crippen LogP contribution in [0.4, 0.5) is 0 Å². The Bertz CT molecular complexity index is 1440. The molecule has 2 aromatic heterocycles. The highest BCUT2D eigenvalue weighted by atomic mass is 16.5. The number of phenolic OH excluding ortho intramolecular Hbond substituents is 1. The number of benzene rings is 2. The summed E-state index contributed by atoms with van der Waals surface area (Å²) in [6.07, 6.45) is 3.40. The lowest BCUT2D eigenvalue weighted by Crippen LogP contribution is -2.49. The van der Waals surface area contributed by atoms with Gasteiger partial charge >= 0.3 is 5.97 Å². The number of furan rings is 1. The predicted octanol–water partition coefficient (Wildman–Crippen LogP) is 3.32. The van der Waals surface area contributed by atoms with Crippen LogP contribution >= 0.6 is 0 Å². The Morgan fingerprint density at radius 2 is 1.78 bits per heavy atom. The average molecular weight is 489 g/mol. The molecule has 1 atom stereocenters. The maximum atomic E-state index is 13.1. The molecule has 9 heteroatoms. The number of ether oxygens (including phenoxy) is 1. The molecule has 5 rings (SSSR count). The van der Waals surface area contributed by atoms with Crippen LogP contribution in [0.2, 0.25) is 0 Å². The van der Waals surface area contributed by atoms with Gasteiger partial charge in [0.2, 0.25) is 5.91 Å². The van der Waals surface area contributed by atoms with Crippen LogP contribution in [0.25, 0.3) is 21.7 Å². The van der Waals surface area contributed by atoms with Gasteiger partial charge in [-0.3, -0.25) is 20.4 Å². The van der Waals surface area contributed by atoms with Crippen molar-refractivity contribution in [2.45, 2.75) is 19.9 Å². The molecule has 2 aromatic carbocycles. The van der Waals surface area contributed by atoms with Gasteiger partial charge in [0.25, 0.3) is 0 Å². The molecule has 36 heavy (non-hydrogen) atoms. The van der Waals surface area contributed by atoms with E-state index in [1.54, 1.807) is 26.2 Å². The number of aromatic hydroxyl groups is 1. The summed E-state index contributed by atoms with van der Waals surface area (Å²) in [6, 6.07) is 10.8. The first kappa shape index (κ1) is 23.8. The van der Waals surface area contributed by atoms with E-state index in [4.69, 9.17) is 14.9 Å². The molecular weight excluding hydrogens is 460 g/mol. The molecule has 0 radical (unpaired) electrons. The quantitative estimate of drug-likeness (QED) is 0.324. The zero-order chi connectivity index (χ0) is 25.4. The number of carbonyl (C=O) groups excluding carboxylic acids is 2. The number of amides is 1. The van der Waals surface area contributed by atoms with Gasteiger partial charge in [0.1, 0.15) is 29.4 Å². The highest BCUT2D eigenvalue weighted by Gasteiger charge is 2.35. The van der Waals surface area contributed by atoms with Crippen molar-refractivity contribution in [2.75, 3.05) is 32.9 Å². The van der Waals surface area contributed by atoms with Gasteiger partial charge in [-0.1, -0.05) is 24.3 Å². The third-order valence-electron chi connectivity index (χ3n) is 6.87. The number of hydrogen-bond acceptors (Lipinski definition) is 8. The number of esters is 1. The molecule has 1 amide bonds. The lowest BCUT2D eigenvalue weighted by atomic mass is 9.89. The normalized spacial score (nSPS) is 15.4. The third kappa shape index (κ3) is 3.96. The number of aryl methyl sites for hydroxylation is 1. The van der Waals surface area contributed by atoms with E-state index in [-0.39, 0.29) is 24.0 Å². The molecule has 1 saturated heterocycles. The van der Waals surface area contributed by atoms with E-state index in [0.717, 1.165) is 5.56 Å². The van der Waals surface area contributed by atoms with Crippen LogP contribution in [0.3, 0.4) is 0 Å². The number of nitrogens with zero attached hydrogens (tertiary/aromatic N) is 3. The summed E-state index contributed by atoms with van der Waals surface area (Å²) in [6.45, 7) is 5.27. The van der Waals surface area contributed by atoms with Crippen molar-refractivity contribution < 1.29 is 23.8 Å².